The predicted molar refractivity (Wildman–Crippen MR) is 115 cm³/mol. The van der Waals surface area contributed by atoms with Crippen molar-refractivity contribution in [3.8, 4) is 11.3 Å². The maximum Gasteiger partial charge on any atom is 0.234 e. The normalized spacial score (nSPS) is 13.5. The highest BCUT2D eigenvalue weighted by atomic mass is 32.2. The Labute approximate surface area is 173 Å². The minimum Gasteiger partial charge on any atom is -0.355 e. The number of halogens is 1. The molecule has 1 aliphatic rings. The van der Waals surface area contributed by atoms with Crippen LogP contribution in [0.15, 0.2) is 65.6 Å². The molecule has 148 valence electrons. The molecule has 4 rings (SSSR count). The van der Waals surface area contributed by atoms with Crippen molar-refractivity contribution >= 4 is 29.2 Å². The highest BCUT2D eigenvalue weighted by Crippen LogP contribution is 2.23. The summed E-state index contributed by atoms with van der Waals surface area (Å²) in [5.41, 5.74) is 2.47. The molecule has 0 atom stereocenters. The Morgan fingerprint density at radius 2 is 1.69 bits per heavy atom. The molecule has 0 bridgehead atoms. The lowest BCUT2D eigenvalue weighted by Crippen LogP contribution is -2.19. The van der Waals surface area contributed by atoms with Crippen LogP contribution >= 0.6 is 11.8 Å². The van der Waals surface area contributed by atoms with Crippen molar-refractivity contribution in [1.82, 2.24) is 10.2 Å². The molecule has 0 radical (unpaired) electrons. The third kappa shape index (κ3) is 5.12. The van der Waals surface area contributed by atoms with Crippen molar-refractivity contribution in [3.05, 3.63) is 66.5 Å². The lowest BCUT2D eigenvalue weighted by Gasteiger charge is -2.15. The summed E-state index contributed by atoms with van der Waals surface area (Å²) >= 11 is 1.37. The van der Waals surface area contributed by atoms with Crippen molar-refractivity contribution in [3.63, 3.8) is 0 Å². The van der Waals surface area contributed by atoms with E-state index in [4.69, 9.17) is 0 Å². The van der Waals surface area contributed by atoms with Crippen LogP contribution in [0.1, 0.15) is 12.8 Å². The third-order valence-corrected chi connectivity index (χ3v) is 5.74. The molecule has 1 N–H and O–H groups in total. The Kier molecular flexibility index (Phi) is 6.05. The smallest absolute Gasteiger partial charge is 0.234 e. The van der Waals surface area contributed by atoms with Gasteiger partial charge in [-0.1, -0.05) is 12.1 Å². The van der Waals surface area contributed by atoms with Crippen LogP contribution in [0, 0.1) is 5.82 Å². The molecule has 5 nitrogen and oxygen atoms in total. The molecule has 0 spiro atoms. The molecule has 1 aromatic heterocycles. The van der Waals surface area contributed by atoms with Crippen LogP contribution in [0.3, 0.4) is 0 Å². The molecule has 2 aromatic carbocycles. The SMILES string of the molecule is O=C(CSc1ccc(F)cc1)Nc1ccc(-c2ccc(N3CCCC3)nn2)cc1. The van der Waals surface area contributed by atoms with Crippen LogP contribution in [-0.2, 0) is 4.79 Å². The first kappa shape index (κ1) is 19.4. The first-order valence-electron chi connectivity index (χ1n) is 9.55. The maximum absolute atomic E-state index is 12.9. The minimum absolute atomic E-state index is 0.109. The van der Waals surface area contributed by atoms with E-state index in [-0.39, 0.29) is 17.5 Å². The summed E-state index contributed by atoms with van der Waals surface area (Å²) in [4.78, 5) is 15.2. The molecule has 2 heterocycles. The van der Waals surface area contributed by atoms with Gasteiger partial charge in [0.05, 0.1) is 11.4 Å². The van der Waals surface area contributed by atoms with E-state index in [0.29, 0.717) is 0 Å². The number of nitrogens with zero attached hydrogens (tertiary/aromatic N) is 3. The van der Waals surface area contributed by atoms with Crippen molar-refractivity contribution in [1.29, 1.82) is 0 Å². The van der Waals surface area contributed by atoms with Crippen LogP contribution in [0.5, 0.6) is 0 Å². The number of hydrogen-bond acceptors (Lipinski definition) is 5. The first-order chi connectivity index (χ1) is 14.2. The highest BCUT2D eigenvalue weighted by Gasteiger charge is 2.14. The lowest BCUT2D eigenvalue weighted by atomic mass is 10.1. The van der Waals surface area contributed by atoms with E-state index in [0.717, 1.165) is 40.7 Å². The molecule has 0 saturated carbocycles. The first-order valence-corrected chi connectivity index (χ1v) is 10.5. The third-order valence-electron chi connectivity index (χ3n) is 4.73. The minimum atomic E-state index is -0.283. The summed E-state index contributed by atoms with van der Waals surface area (Å²) in [5, 5.41) is 11.6. The van der Waals surface area contributed by atoms with Gasteiger partial charge in [-0.15, -0.1) is 22.0 Å². The average Bonchev–Trinajstić information content (AvgIpc) is 3.29. The molecular formula is C22H21FN4OS. The lowest BCUT2D eigenvalue weighted by molar-refractivity contribution is -0.113. The number of amides is 1. The number of carbonyl (C=O) groups is 1. The van der Waals surface area contributed by atoms with E-state index in [1.165, 1.54) is 36.7 Å². The Hall–Kier alpha value is -2.93. The van der Waals surface area contributed by atoms with E-state index in [1.54, 1.807) is 12.1 Å². The van der Waals surface area contributed by atoms with E-state index in [2.05, 4.69) is 20.4 Å². The summed E-state index contributed by atoms with van der Waals surface area (Å²) in [6.07, 6.45) is 2.41. The standard InChI is InChI=1S/C22H21FN4OS/c23-17-5-9-19(10-6-17)29-15-22(28)24-18-7-3-16(4-8-18)20-11-12-21(26-25-20)27-13-1-2-14-27/h3-12H,1-2,13-15H2,(H,24,28). The molecule has 0 aliphatic carbocycles. The molecule has 7 heteroatoms. The Morgan fingerprint density at radius 3 is 2.34 bits per heavy atom. The van der Waals surface area contributed by atoms with E-state index >= 15 is 0 Å². The summed E-state index contributed by atoms with van der Waals surface area (Å²) in [5.74, 6) is 0.793. The predicted octanol–water partition coefficient (Wildman–Crippen LogP) is 4.61. The van der Waals surface area contributed by atoms with Crippen molar-refractivity contribution in [2.75, 3.05) is 29.1 Å². The van der Waals surface area contributed by atoms with Crippen molar-refractivity contribution in [2.24, 2.45) is 0 Å². The second kappa shape index (κ2) is 9.05. The van der Waals surface area contributed by atoms with E-state index in [9.17, 15) is 9.18 Å². The largest absolute Gasteiger partial charge is 0.355 e. The van der Waals surface area contributed by atoms with Crippen LogP contribution in [-0.4, -0.2) is 34.9 Å². The number of benzene rings is 2. The molecule has 1 fully saturated rings. The van der Waals surface area contributed by atoms with E-state index in [1.807, 2.05) is 36.4 Å². The number of rotatable bonds is 6. The number of nitrogens with one attached hydrogen (secondary N) is 1. The molecule has 1 saturated heterocycles. The van der Waals surface area contributed by atoms with Crippen LogP contribution in [0.4, 0.5) is 15.9 Å². The molecule has 1 aliphatic heterocycles. The number of carbonyl (C=O) groups excluding carboxylic acids is 1. The quantitative estimate of drug-likeness (QED) is 0.604. The van der Waals surface area contributed by atoms with Crippen molar-refractivity contribution in [2.45, 2.75) is 17.7 Å². The fraction of sp³-hybridized carbons (Fsp3) is 0.227. The summed E-state index contributed by atoms with van der Waals surface area (Å²) in [7, 11) is 0. The van der Waals surface area contributed by atoms with Gasteiger partial charge in [0.1, 0.15) is 5.82 Å². The zero-order chi connectivity index (χ0) is 20.1. The summed E-state index contributed by atoms with van der Waals surface area (Å²) in [6, 6.07) is 17.6. The van der Waals surface area contributed by atoms with Gasteiger partial charge in [-0.2, -0.15) is 0 Å². The second-order valence-corrected chi connectivity index (χ2v) is 7.89. The van der Waals surface area contributed by atoms with Gasteiger partial charge in [-0.05, 0) is 61.4 Å². The van der Waals surface area contributed by atoms with Crippen LogP contribution in [0.25, 0.3) is 11.3 Å². The fourth-order valence-corrected chi connectivity index (χ4v) is 3.89. The molecule has 0 unspecified atom stereocenters. The average molecular weight is 409 g/mol. The maximum atomic E-state index is 12.9. The zero-order valence-electron chi connectivity index (χ0n) is 15.8. The fourth-order valence-electron chi connectivity index (χ4n) is 3.20. The topological polar surface area (TPSA) is 58.1 Å². The number of hydrogen-bond donors (Lipinski definition) is 1. The van der Waals surface area contributed by atoms with Gasteiger partial charge in [-0.25, -0.2) is 4.39 Å². The molecule has 1 amide bonds. The van der Waals surface area contributed by atoms with Gasteiger partial charge in [0, 0.05) is 29.2 Å². The van der Waals surface area contributed by atoms with Gasteiger partial charge < -0.3 is 10.2 Å². The monoisotopic (exact) mass is 408 g/mol. The molecule has 3 aromatic rings. The Balaban J connectivity index is 1.32. The van der Waals surface area contributed by atoms with Crippen LogP contribution in [0.2, 0.25) is 0 Å². The highest BCUT2D eigenvalue weighted by molar-refractivity contribution is 8.00. The van der Waals surface area contributed by atoms with Gasteiger partial charge in [-0.3, -0.25) is 4.79 Å². The van der Waals surface area contributed by atoms with E-state index < -0.39 is 0 Å². The van der Waals surface area contributed by atoms with Gasteiger partial charge in [0.2, 0.25) is 5.91 Å². The zero-order valence-corrected chi connectivity index (χ0v) is 16.7. The number of aromatic nitrogens is 2. The second-order valence-electron chi connectivity index (χ2n) is 6.84. The van der Waals surface area contributed by atoms with Gasteiger partial charge in [0.15, 0.2) is 5.82 Å². The van der Waals surface area contributed by atoms with Crippen molar-refractivity contribution < 1.29 is 9.18 Å². The summed E-state index contributed by atoms with van der Waals surface area (Å²) in [6.45, 7) is 2.09. The Morgan fingerprint density at radius 1 is 0.966 bits per heavy atom. The molecular weight excluding hydrogens is 387 g/mol. The Bertz CT molecular complexity index is 956. The van der Waals surface area contributed by atoms with Crippen LogP contribution < -0.4 is 10.2 Å². The molecule has 29 heavy (non-hydrogen) atoms. The van der Waals surface area contributed by atoms with Gasteiger partial charge >= 0.3 is 0 Å². The number of thioether (sulfide) groups is 1. The summed E-state index contributed by atoms with van der Waals surface area (Å²) < 4.78 is 12.9. The number of anilines is 2. The van der Waals surface area contributed by atoms with Gasteiger partial charge in [0.25, 0.3) is 0 Å².